The molecule has 0 spiro atoms. The fourth-order valence-electron chi connectivity index (χ4n) is 14.1. The molecule has 2 aliphatic carbocycles. The Balaban J connectivity index is 0.861. The number of benzene rings is 11. The predicted molar refractivity (Wildman–Crippen MR) is 335 cm³/mol. The van der Waals surface area contributed by atoms with Crippen molar-refractivity contribution in [1.29, 1.82) is 0 Å². The minimum absolute atomic E-state index is 0.114. The third-order valence-corrected chi connectivity index (χ3v) is 18.1. The van der Waals surface area contributed by atoms with Crippen molar-refractivity contribution in [2.75, 3.05) is 0 Å². The van der Waals surface area contributed by atoms with Gasteiger partial charge in [-0.15, -0.1) is 0 Å². The van der Waals surface area contributed by atoms with Crippen molar-refractivity contribution >= 4 is 65.6 Å². The summed E-state index contributed by atoms with van der Waals surface area (Å²) >= 11 is 0. The Kier molecular flexibility index (Phi) is 9.47. The minimum atomic E-state index is -0.206. The van der Waals surface area contributed by atoms with Crippen LogP contribution in [-0.4, -0.2) is 19.1 Å². The van der Waals surface area contributed by atoms with Crippen LogP contribution in [0.1, 0.15) is 49.9 Å². The lowest BCUT2D eigenvalue weighted by atomic mass is 9.82. The number of hydrogen-bond acceptors (Lipinski definition) is 3. The van der Waals surface area contributed by atoms with Gasteiger partial charge in [-0.3, -0.25) is 4.57 Å². The van der Waals surface area contributed by atoms with E-state index in [-0.39, 0.29) is 10.8 Å². The van der Waals surface area contributed by atoms with Gasteiger partial charge < -0.3 is 8.98 Å². The zero-order chi connectivity index (χ0) is 53.9. The summed E-state index contributed by atoms with van der Waals surface area (Å²) in [7, 11) is 0. The number of para-hydroxylation sites is 1. The first-order chi connectivity index (χ1) is 39.7. The highest BCUT2D eigenvalue weighted by atomic mass is 16.3. The van der Waals surface area contributed by atoms with Crippen LogP contribution in [0.4, 0.5) is 0 Å². The van der Waals surface area contributed by atoms with Gasteiger partial charge in [0, 0.05) is 60.0 Å². The Morgan fingerprint density at radius 1 is 0.309 bits per heavy atom. The lowest BCUT2D eigenvalue weighted by Gasteiger charge is -2.21. The first-order valence-electron chi connectivity index (χ1n) is 28.1. The summed E-state index contributed by atoms with van der Waals surface area (Å²) in [6, 6.07) is 88.6. The molecule has 0 amide bonds. The van der Waals surface area contributed by atoms with Crippen LogP contribution >= 0.6 is 0 Å². The fraction of sp³-hybridized carbons (Fsp3) is 0.0789. The number of rotatable bonds is 6. The van der Waals surface area contributed by atoms with Gasteiger partial charge in [0.05, 0.1) is 33.5 Å². The quantitative estimate of drug-likeness (QED) is 0.167. The SMILES string of the molecule is CC1(C)c2ccccc2-c2cc3c4cc(-c5ccc6oc7cccc(-c8ccc9c(c8)c8cc%10c(cc8n9-c8nc(-c9ccccc9)cc(-c9ccccc9)n8)C(C)(C)c8ccccc8-%10)c7c6c5)ccc4n(-c4ccccc4)c3cc21. The lowest BCUT2D eigenvalue weighted by molar-refractivity contribution is 0.661. The summed E-state index contributed by atoms with van der Waals surface area (Å²) in [6.07, 6.45) is 0. The zero-order valence-electron chi connectivity index (χ0n) is 45.3. The number of furan rings is 1. The number of aromatic nitrogens is 4. The van der Waals surface area contributed by atoms with Crippen molar-refractivity contribution in [2.24, 2.45) is 0 Å². The lowest BCUT2D eigenvalue weighted by Crippen LogP contribution is -2.15. The topological polar surface area (TPSA) is 48.8 Å². The van der Waals surface area contributed by atoms with Gasteiger partial charge in [-0.05, 0) is 152 Å². The molecule has 2 aliphatic rings. The van der Waals surface area contributed by atoms with Gasteiger partial charge >= 0.3 is 0 Å². The van der Waals surface area contributed by atoms with Crippen molar-refractivity contribution < 1.29 is 4.42 Å². The standard InChI is InChI=1S/C76H52N4O/c1-75(2)61-28-16-14-25-52(61)54-40-58-56-37-47(31-34-67(56)79(69(58)42-63(54)75)50-23-12-7-13-24-50)48-33-36-71-60(38-48)73-51(27-18-30-72(73)81-71)49-32-35-68-57(39-49)59-41-55-53-26-15-17-29-62(53)76(3,4)64(55)43-70(59)80(68)74-77-65(45-19-8-5-9-20-45)44-66(78-74)46-21-10-6-11-22-46/h5-44H,1-4H3. The molecule has 0 aliphatic heterocycles. The normalized spacial score (nSPS) is 13.9. The van der Waals surface area contributed by atoms with E-state index < -0.39 is 0 Å². The summed E-state index contributed by atoms with van der Waals surface area (Å²) in [5, 5.41) is 6.95. The molecule has 0 atom stereocenters. The van der Waals surface area contributed by atoms with Crippen molar-refractivity contribution in [3.8, 4) is 78.7 Å². The molecule has 15 aromatic rings. The monoisotopic (exact) mass is 1040 g/mol. The first-order valence-corrected chi connectivity index (χ1v) is 28.1. The highest BCUT2D eigenvalue weighted by molar-refractivity contribution is 6.17. The molecule has 4 heterocycles. The maximum Gasteiger partial charge on any atom is 0.235 e. The Morgan fingerprint density at radius 3 is 1.38 bits per heavy atom. The zero-order valence-corrected chi connectivity index (χ0v) is 45.3. The van der Waals surface area contributed by atoms with E-state index in [1.165, 1.54) is 66.3 Å². The van der Waals surface area contributed by atoms with Crippen LogP contribution < -0.4 is 0 Å². The van der Waals surface area contributed by atoms with E-state index in [9.17, 15) is 0 Å². The molecule has 382 valence electrons. The Morgan fingerprint density at radius 2 is 0.778 bits per heavy atom. The van der Waals surface area contributed by atoms with E-state index >= 15 is 0 Å². The predicted octanol–water partition coefficient (Wildman–Crippen LogP) is 19.9. The third-order valence-electron chi connectivity index (χ3n) is 18.1. The second-order valence-corrected chi connectivity index (χ2v) is 23.3. The molecular formula is C76H52N4O. The largest absolute Gasteiger partial charge is 0.456 e. The van der Waals surface area contributed by atoms with E-state index in [0.717, 1.165) is 94.2 Å². The molecule has 5 heteroatoms. The van der Waals surface area contributed by atoms with Gasteiger partial charge in [-0.2, -0.15) is 0 Å². The van der Waals surface area contributed by atoms with Crippen molar-refractivity contribution in [3.05, 3.63) is 265 Å². The van der Waals surface area contributed by atoms with Crippen LogP contribution in [0, 0.1) is 0 Å². The number of fused-ring (bicyclic) bond motifs is 15. The molecule has 0 bridgehead atoms. The summed E-state index contributed by atoms with van der Waals surface area (Å²) in [6.45, 7) is 9.43. The molecule has 5 nitrogen and oxygen atoms in total. The van der Waals surface area contributed by atoms with Gasteiger partial charge in [0.2, 0.25) is 5.95 Å². The first kappa shape index (κ1) is 45.9. The molecule has 0 radical (unpaired) electrons. The number of nitrogens with zero attached hydrogens (tertiary/aromatic N) is 4. The number of hydrogen-bond donors (Lipinski definition) is 0. The molecule has 0 fully saturated rings. The molecule has 11 aromatic carbocycles. The van der Waals surface area contributed by atoms with Crippen molar-refractivity contribution in [2.45, 2.75) is 38.5 Å². The summed E-state index contributed by atoms with van der Waals surface area (Å²) in [4.78, 5) is 10.9. The van der Waals surface area contributed by atoms with E-state index in [1.807, 2.05) is 0 Å². The van der Waals surface area contributed by atoms with Crippen LogP contribution in [0.5, 0.6) is 0 Å². The third kappa shape index (κ3) is 6.60. The van der Waals surface area contributed by atoms with Crippen molar-refractivity contribution in [3.63, 3.8) is 0 Å². The molecule has 0 saturated heterocycles. The van der Waals surface area contributed by atoms with Crippen LogP contribution in [0.15, 0.2) is 247 Å². The second kappa shape index (κ2) is 16.7. The van der Waals surface area contributed by atoms with Crippen LogP contribution in [0.25, 0.3) is 144 Å². The van der Waals surface area contributed by atoms with E-state index in [2.05, 4.69) is 279 Å². The van der Waals surface area contributed by atoms with E-state index in [4.69, 9.17) is 14.4 Å². The average Bonchev–Trinajstić information content (AvgIpc) is 4.42. The van der Waals surface area contributed by atoms with Crippen LogP contribution in [0.2, 0.25) is 0 Å². The smallest absolute Gasteiger partial charge is 0.235 e. The maximum absolute atomic E-state index is 6.77. The molecule has 81 heavy (non-hydrogen) atoms. The van der Waals surface area contributed by atoms with E-state index in [0.29, 0.717) is 5.95 Å². The van der Waals surface area contributed by atoms with Gasteiger partial charge in [-0.1, -0.05) is 185 Å². The Bertz CT molecular complexity index is 5100. The second-order valence-electron chi connectivity index (χ2n) is 23.3. The Hall–Kier alpha value is -10.1. The summed E-state index contributed by atoms with van der Waals surface area (Å²) in [5.41, 5.74) is 26.0. The molecule has 0 unspecified atom stereocenters. The highest BCUT2D eigenvalue weighted by Gasteiger charge is 2.38. The van der Waals surface area contributed by atoms with Gasteiger partial charge in [0.25, 0.3) is 0 Å². The minimum Gasteiger partial charge on any atom is -0.456 e. The molecule has 17 rings (SSSR count). The summed E-state index contributed by atoms with van der Waals surface area (Å²) < 4.78 is 11.5. The van der Waals surface area contributed by atoms with Gasteiger partial charge in [0.15, 0.2) is 0 Å². The van der Waals surface area contributed by atoms with Crippen LogP contribution in [0.3, 0.4) is 0 Å². The highest BCUT2D eigenvalue weighted by Crippen LogP contribution is 2.53. The molecule has 0 saturated carbocycles. The van der Waals surface area contributed by atoms with Gasteiger partial charge in [-0.25, -0.2) is 9.97 Å². The maximum atomic E-state index is 6.77. The van der Waals surface area contributed by atoms with Crippen molar-refractivity contribution in [1.82, 2.24) is 19.1 Å². The fourth-order valence-corrected chi connectivity index (χ4v) is 14.1. The molecule has 4 aromatic heterocycles. The summed E-state index contributed by atoms with van der Waals surface area (Å²) in [5.74, 6) is 0.632. The molecular weight excluding hydrogens is 985 g/mol. The molecule has 0 N–H and O–H groups in total. The van der Waals surface area contributed by atoms with E-state index in [1.54, 1.807) is 0 Å². The van der Waals surface area contributed by atoms with Crippen LogP contribution in [-0.2, 0) is 10.8 Å². The Labute approximate surface area is 468 Å². The average molecular weight is 1040 g/mol. The van der Waals surface area contributed by atoms with Gasteiger partial charge in [0.1, 0.15) is 11.2 Å².